The number of amides is 2. The van der Waals surface area contributed by atoms with Crippen LogP contribution in [0.25, 0.3) is 0 Å². The van der Waals surface area contributed by atoms with Gasteiger partial charge < -0.3 is 15.0 Å². The summed E-state index contributed by atoms with van der Waals surface area (Å²) in [7, 11) is 0. The lowest BCUT2D eigenvalue weighted by atomic mass is 10.1. The van der Waals surface area contributed by atoms with E-state index >= 15 is 0 Å². The first-order chi connectivity index (χ1) is 12.0. The summed E-state index contributed by atoms with van der Waals surface area (Å²) < 4.78 is 5.28. The minimum Gasteiger partial charge on any atom is -0.452 e. The fraction of sp³-hybridized carbons (Fsp3) is 0.526. The molecule has 134 valence electrons. The van der Waals surface area contributed by atoms with Crippen molar-refractivity contribution in [2.24, 2.45) is 5.92 Å². The molecule has 1 aliphatic heterocycles. The van der Waals surface area contributed by atoms with Gasteiger partial charge in [0, 0.05) is 24.7 Å². The molecule has 0 spiro atoms. The maximum atomic E-state index is 12.4. The van der Waals surface area contributed by atoms with Crippen molar-refractivity contribution in [3.63, 3.8) is 0 Å². The molecule has 1 aliphatic carbocycles. The van der Waals surface area contributed by atoms with E-state index in [-0.39, 0.29) is 24.3 Å². The van der Waals surface area contributed by atoms with Gasteiger partial charge in [0.25, 0.3) is 5.91 Å². The average Bonchev–Trinajstić information content (AvgIpc) is 3.33. The van der Waals surface area contributed by atoms with E-state index in [2.05, 4.69) is 5.32 Å². The summed E-state index contributed by atoms with van der Waals surface area (Å²) in [5.74, 6) is -1.37. The minimum absolute atomic E-state index is 0.0852. The molecule has 3 rings (SSSR count). The van der Waals surface area contributed by atoms with E-state index in [0.717, 1.165) is 30.5 Å². The van der Waals surface area contributed by atoms with Crippen LogP contribution in [-0.2, 0) is 25.5 Å². The predicted octanol–water partition coefficient (Wildman–Crippen LogP) is 1.81. The van der Waals surface area contributed by atoms with Crippen molar-refractivity contribution in [2.45, 2.75) is 51.7 Å². The van der Waals surface area contributed by atoms with Gasteiger partial charge in [-0.15, -0.1) is 0 Å². The van der Waals surface area contributed by atoms with E-state index in [4.69, 9.17) is 4.74 Å². The number of hydrogen-bond acceptors (Lipinski definition) is 4. The normalized spacial score (nSPS) is 21.1. The lowest BCUT2D eigenvalue weighted by Crippen LogP contribution is -2.38. The summed E-state index contributed by atoms with van der Waals surface area (Å²) in [6.45, 7) is 3.90. The molecule has 2 atom stereocenters. The first-order valence-electron chi connectivity index (χ1n) is 8.88. The molecule has 6 heteroatoms. The van der Waals surface area contributed by atoms with Gasteiger partial charge >= 0.3 is 5.97 Å². The van der Waals surface area contributed by atoms with Gasteiger partial charge in [-0.05, 0) is 37.8 Å². The Morgan fingerprint density at radius 2 is 2.04 bits per heavy atom. The van der Waals surface area contributed by atoms with Crippen molar-refractivity contribution in [3.05, 3.63) is 29.8 Å². The van der Waals surface area contributed by atoms with Crippen LogP contribution < -0.4 is 10.2 Å². The van der Waals surface area contributed by atoms with Crippen molar-refractivity contribution in [1.29, 1.82) is 0 Å². The molecular weight excluding hydrogens is 320 g/mol. The quantitative estimate of drug-likeness (QED) is 0.799. The first kappa shape index (κ1) is 17.5. The maximum Gasteiger partial charge on any atom is 0.312 e. The van der Waals surface area contributed by atoms with E-state index in [1.54, 1.807) is 11.8 Å². The molecule has 25 heavy (non-hydrogen) atoms. The molecule has 1 N–H and O–H groups in total. The van der Waals surface area contributed by atoms with Crippen LogP contribution >= 0.6 is 0 Å². The third kappa shape index (κ3) is 4.00. The number of nitrogens with one attached hydrogen (secondary N) is 1. The van der Waals surface area contributed by atoms with Gasteiger partial charge in [0.2, 0.25) is 5.91 Å². The number of para-hydroxylation sites is 1. The number of ether oxygens (including phenoxy) is 1. The van der Waals surface area contributed by atoms with E-state index in [0.29, 0.717) is 6.54 Å². The molecule has 0 bridgehead atoms. The Kier molecular flexibility index (Phi) is 5.06. The highest BCUT2D eigenvalue weighted by Crippen LogP contribution is 2.29. The van der Waals surface area contributed by atoms with Crippen LogP contribution in [-0.4, -0.2) is 36.5 Å². The Morgan fingerprint density at radius 1 is 1.32 bits per heavy atom. The second kappa shape index (κ2) is 7.25. The molecule has 0 unspecified atom stereocenters. The number of hydrogen-bond donors (Lipinski definition) is 1. The Bertz CT molecular complexity index is 684. The van der Waals surface area contributed by atoms with Crippen molar-refractivity contribution in [1.82, 2.24) is 5.32 Å². The molecule has 1 aromatic rings. The zero-order chi connectivity index (χ0) is 18.0. The highest BCUT2D eigenvalue weighted by Gasteiger charge is 2.38. The number of benzene rings is 1. The molecule has 2 aliphatic rings. The van der Waals surface area contributed by atoms with Gasteiger partial charge in [-0.1, -0.05) is 25.1 Å². The van der Waals surface area contributed by atoms with Gasteiger partial charge in [-0.25, -0.2) is 0 Å². The average molecular weight is 344 g/mol. The fourth-order valence-electron chi connectivity index (χ4n) is 3.04. The fourth-order valence-corrected chi connectivity index (χ4v) is 3.04. The molecular formula is C19H24N2O4. The van der Waals surface area contributed by atoms with Crippen LogP contribution in [0.3, 0.4) is 0 Å². The standard InChI is InChI=1S/C19H24N2O4/c1-3-13-6-4-5-7-16(13)21-11-14(10-17(21)22)19(24)25-12(2)18(23)20-15-8-9-15/h4-7,12,14-15H,3,8-11H2,1-2H3,(H,20,23)/t12-,14-/m0/s1. The van der Waals surface area contributed by atoms with Crippen LogP contribution in [0.5, 0.6) is 0 Å². The number of anilines is 1. The summed E-state index contributed by atoms with van der Waals surface area (Å²) in [5, 5.41) is 2.81. The number of aryl methyl sites for hydroxylation is 1. The van der Waals surface area contributed by atoms with Gasteiger partial charge in [-0.3, -0.25) is 14.4 Å². The van der Waals surface area contributed by atoms with Crippen molar-refractivity contribution >= 4 is 23.5 Å². The monoisotopic (exact) mass is 344 g/mol. The summed E-state index contributed by atoms with van der Waals surface area (Å²) >= 11 is 0. The molecule has 1 aromatic carbocycles. The topological polar surface area (TPSA) is 75.7 Å². The minimum atomic E-state index is -0.833. The van der Waals surface area contributed by atoms with Gasteiger partial charge in [-0.2, -0.15) is 0 Å². The second-order valence-electron chi connectivity index (χ2n) is 6.75. The number of esters is 1. The van der Waals surface area contributed by atoms with Crippen LogP contribution in [0.4, 0.5) is 5.69 Å². The third-order valence-electron chi connectivity index (χ3n) is 4.71. The predicted molar refractivity (Wildman–Crippen MR) is 93.0 cm³/mol. The highest BCUT2D eigenvalue weighted by molar-refractivity contribution is 6.00. The Balaban J connectivity index is 1.61. The molecule has 1 heterocycles. The zero-order valence-corrected chi connectivity index (χ0v) is 14.7. The van der Waals surface area contributed by atoms with Crippen molar-refractivity contribution in [3.8, 4) is 0 Å². The van der Waals surface area contributed by atoms with Crippen LogP contribution in [0.1, 0.15) is 38.7 Å². The second-order valence-corrected chi connectivity index (χ2v) is 6.75. The summed E-state index contributed by atoms with van der Waals surface area (Å²) in [5.41, 5.74) is 1.92. The van der Waals surface area contributed by atoms with Crippen LogP contribution in [0.2, 0.25) is 0 Å². The van der Waals surface area contributed by atoms with Crippen LogP contribution in [0.15, 0.2) is 24.3 Å². The van der Waals surface area contributed by atoms with Crippen molar-refractivity contribution in [2.75, 3.05) is 11.4 Å². The van der Waals surface area contributed by atoms with Gasteiger partial charge in [0.1, 0.15) is 0 Å². The third-order valence-corrected chi connectivity index (χ3v) is 4.71. The Morgan fingerprint density at radius 3 is 2.72 bits per heavy atom. The summed E-state index contributed by atoms with van der Waals surface area (Å²) in [6.07, 6.45) is 2.06. The molecule has 2 amide bonds. The van der Waals surface area contributed by atoms with Crippen molar-refractivity contribution < 1.29 is 19.1 Å². The smallest absolute Gasteiger partial charge is 0.312 e. The Hall–Kier alpha value is -2.37. The molecule has 0 radical (unpaired) electrons. The summed E-state index contributed by atoms with van der Waals surface area (Å²) in [6, 6.07) is 7.93. The largest absolute Gasteiger partial charge is 0.452 e. The molecule has 2 fully saturated rings. The Labute approximate surface area is 147 Å². The molecule has 0 aromatic heterocycles. The van der Waals surface area contributed by atoms with E-state index in [1.165, 1.54) is 0 Å². The number of carbonyl (C=O) groups excluding carboxylic acids is 3. The molecule has 1 saturated heterocycles. The molecule has 1 saturated carbocycles. The van der Waals surface area contributed by atoms with E-state index in [1.807, 2.05) is 31.2 Å². The SMILES string of the molecule is CCc1ccccc1N1C[C@@H](C(=O)O[C@@H](C)C(=O)NC2CC2)CC1=O. The maximum absolute atomic E-state index is 12.4. The van der Waals surface area contributed by atoms with Gasteiger partial charge in [0.05, 0.1) is 5.92 Å². The lowest BCUT2D eigenvalue weighted by Gasteiger charge is -2.20. The van der Waals surface area contributed by atoms with E-state index < -0.39 is 18.0 Å². The lowest BCUT2D eigenvalue weighted by molar-refractivity contribution is -0.158. The number of rotatable bonds is 6. The first-order valence-corrected chi connectivity index (χ1v) is 8.88. The zero-order valence-electron chi connectivity index (χ0n) is 14.7. The highest BCUT2D eigenvalue weighted by atomic mass is 16.5. The van der Waals surface area contributed by atoms with E-state index in [9.17, 15) is 14.4 Å². The number of carbonyl (C=O) groups is 3. The summed E-state index contributed by atoms with van der Waals surface area (Å²) in [4.78, 5) is 38.3. The number of nitrogens with zero attached hydrogens (tertiary/aromatic N) is 1. The molecule has 6 nitrogen and oxygen atoms in total. The van der Waals surface area contributed by atoms with Crippen LogP contribution in [0, 0.1) is 5.92 Å². The van der Waals surface area contributed by atoms with Gasteiger partial charge in [0.15, 0.2) is 6.10 Å².